The first-order valence-corrected chi connectivity index (χ1v) is 11.4. The van der Waals surface area contributed by atoms with Crippen LogP contribution >= 0.6 is 0 Å². The molecule has 0 fully saturated rings. The fourth-order valence-electron chi connectivity index (χ4n) is 3.76. The lowest BCUT2D eigenvalue weighted by molar-refractivity contribution is 0.759. The van der Waals surface area contributed by atoms with E-state index in [4.69, 9.17) is 0 Å². The molecule has 1 nitrogen and oxygen atoms in total. The van der Waals surface area contributed by atoms with Crippen LogP contribution in [0.1, 0.15) is 74.6 Å². The molecule has 1 N–H and O–H groups in total. The van der Waals surface area contributed by atoms with Crippen LogP contribution in [-0.4, -0.2) is 6.54 Å². The minimum Gasteiger partial charge on any atom is -0.385 e. The zero-order valence-electron chi connectivity index (χ0n) is 19.4. The fourth-order valence-corrected chi connectivity index (χ4v) is 3.76. The van der Waals surface area contributed by atoms with Crippen LogP contribution in [-0.2, 0) is 0 Å². The molecule has 1 aliphatic rings. The second-order valence-corrected chi connectivity index (χ2v) is 8.28. The fraction of sp³-hybridized carbons (Fsp3) is 0.379. The van der Waals surface area contributed by atoms with E-state index in [1.54, 1.807) is 5.57 Å². The molecule has 2 aromatic rings. The average Bonchev–Trinajstić information content (AvgIpc) is 3.28. The zero-order valence-corrected chi connectivity index (χ0v) is 19.4. The molecule has 0 radical (unpaired) electrons. The molecule has 30 heavy (non-hydrogen) atoms. The van der Waals surface area contributed by atoms with E-state index in [-0.39, 0.29) is 0 Å². The molecule has 0 bridgehead atoms. The molecule has 0 heterocycles. The van der Waals surface area contributed by atoms with Gasteiger partial charge in [0.1, 0.15) is 0 Å². The van der Waals surface area contributed by atoms with Crippen molar-refractivity contribution in [3.63, 3.8) is 0 Å². The average molecular weight is 402 g/mol. The van der Waals surface area contributed by atoms with Gasteiger partial charge in [-0.15, -0.1) is 0 Å². The topological polar surface area (TPSA) is 12.0 Å². The summed E-state index contributed by atoms with van der Waals surface area (Å²) in [6.45, 7) is 13.8. The summed E-state index contributed by atoms with van der Waals surface area (Å²) >= 11 is 0. The third-order valence-corrected chi connectivity index (χ3v) is 5.74. The highest BCUT2D eigenvalue weighted by Gasteiger charge is 2.02. The van der Waals surface area contributed by atoms with Gasteiger partial charge in [0.05, 0.1) is 0 Å². The van der Waals surface area contributed by atoms with Gasteiger partial charge in [-0.1, -0.05) is 85.3 Å². The second-order valence-electron chi connectivity index (χ2n) is 8.28. The lowest BCUT2D eigenvalue weighted by Crippen LogP contribution is -2.13. The molecule has 2 aromatic carbocycles. The van der Waals surface area contributed by atoms with Gasteiger partial charge in [0.2, 0.25) is 0 Å². The summed E-state index contributed by atoms with van der Waals surface area (Å²) in [4.78, 5) is 0. The summed E-state index contributed by atoms with van der Waals surface area (Å²) < 4.78 is 0. The number of aryl methyl sites for hydroxylation is 2. The Kier molecular flexibility index (Phi) is 10.2. The quantitative estimate of drug-likeness (QED) is 0.347. The Morgan fingerprint density at radius 2 is 1.73 bits per heavy atom. The number of hydrogen-bond acceptors (Lipinski definition) is 1. The molecule has 0 unspecified atom stereocenters. The molecular formula is C29H39N. The molecule has 1 heteroatoms. The van der Waals surface area contributed by atoms with Crippen molar-refractivity contribution in [2.24, 2.45) is 0 Å². The van der Waals surface area contributed by atoms with Crippen LogP contribution in [0.3, 0.4) is 0 Å². The Bertz CT molecular complexity index is 869. The maximum absolute atomic E-state index is 4.16. The minimum atomic E-state index is 0.951. The molecule has 160 valence electrons. The minimum absolute atomic E-state index is 0.951. The van der Waals surface area contributed by atoms with Gasteiger partial charge in [0.25, 0.3) is 0 Å². The normalized spacial score (nSPS) is 13.3. The number of benzene rings is 2. The van der Waals surface area contributed by atoms with Gasteiger partial charge in [-0.25, -0.2) is 0 Å². The van der Waals surface area contributed by atoms with E-state index >= 15 is 0 Å². The maximum atomic E-state index is 4.16. The van der Waals surface area contributed by atoms with Gasteiger partial charge < -0.3 is 5.32 Å². The van der Waals surface area contributed by atoms with E-state index in [0.717, 1.165) is 25.1 Å². The van der Waals surface area contributed by atoms with Crippen molar-refractivity contribution in [3.05, 3.63) is 94.6 Å². The van der Waals surface area contributed by atoms with Crippen molar-refractivity contribution >= 4 is 11.8 Å². The summed E-state index contributed by atoms with van der Waals surface area (Å²) in [5, 5.41) is 3.45. The van der Waals surface area contributed by atoms with Crippen molar-refractivity contribution in [2.75, 3.05) is 6.54 Å². The van der Waals surface area contributed by atoms with Gasteiger partial charge >= 0.3 is 0 Å². The third-order valence-electron chi connectivity index (χ3n) is 5.74. The highest BCUT2D eigenvalue weighted by atomic mass is 14.9. The van der Waals surface area contributed by atoms with Crippen LogP contribution in [0.15, 0.2) is 72.3 Å². The predicted molar refractivity (Wildman–Crippen MR) is 135 cm³/mol. The molecule has 0 saturated heterocycles. The van der Waals surface area contributed by atoms with Crippen LogP contribution in [0, 0.1) is 13.8 Å². The van der Waals surface area contributed by atoms with Crippen molar-refractivity contribution in [3.8, 4) is 0 Å². The first-order chi connectivity index (χ1) is 14.5. The van der Waals surface area contributed by atoms with Crippen LogP contribution in [0.4, 0.5) is 0 Å². The maximum Gasteiger partial charge on any atom is 0.0343 e. The molecule has 0 aromatic heterocycles. The molecule has 0 amide bonds. The van der Waals surface area contributed by atoms with Crippen LogP contribution in [0.25, 0.3) is 11.8 Å². The summed E-state index contributed by atoms with van der Waals surface area (Å²) in [5.74, 6) is 0. The molecule has 3 rings (SSSR count). The van der Waals surface area contributed by atoms with E-state index in [2.05, 4.69) is 100 Å². The largest absolute Gasteiger partial charge is 0.385 e. The lowest BCUT2D eigenvalue weighted by atomic mass is 10.0. The third kappa shape index (κ3) is 8.06. The number of nitrogens with one attached hydrogen (secondary N) is 1. The summed E-state index contributed by atoms with van der Waals surface area (Å²) in [6, 6.07) is 16.9. The number of allylic oxidation sites excluding steroid dienone is 3. The predicted octanol–water partition coefficient (Wildman–Crippen LogP) is 8.25. The Hall–Kier alpha value is -2.54. The van der Waals surface area contributed by atoms with E-state index in [9.17, 15) is 0 Å². The SMILES string of the molecule is C=C(NCCC/C(C)=C\c1ccccc1C)c1ccccc1C.CCC1=CCCC1. The van der Waals surface area contributed by atoms with E-state index in [0.29, 0.717) is 0 Å². The Labute approximate surface area is 184 Å². The van der Waals surface area contributed by atoms with Crippen LogP contribution < -0.4 is 5.32 Å². The van der Waals surface area contributed by atoms with Crippen molar-refractivity contribution in [2.45, 2.75) is 66.2 Å². The molecule has 1 aliphatic carbocycles. The smallest absolute Gasteiger partial charge is 0.0343 e. The van der Waals surface area contributed by atoms with Gasteiger partial charge in [0.15, 0.2) is 0 Å². The van der Waals surface area contributed by atoms with E-state index in [1.807, 2.05) is 0 Å². The van der Waals surface area contributed by atoms with Gasteiger partial charge in [-0.3, -0.25) is 0 Å². The van der Waals surface area contributed by atoms with Crippen molar-refractivity contribution in [1.82, 2.24) is 5.32 Å². The monoisotopic (exact) mass is 401 g/mol. The summed E-state index contributed by atoms with van der Waals surface area (Å²) in [5.41, 5.74) is 9.23. The van der Waals surface area contributed by atoms with Gasteiger partial charge in [-0.05, 0) is 81.5 Å². The lowest BCUT2D eigenvalue weighted by Gasteiger charge is -2.12. The second kappa shape index (κ2) is 12.9. The Balaban J connectivity index is 0.000000386. The van der Waals surface area contributed by atoms with Crippen molar-refractivity contribution in [1.29, 1.82) is 0 Å². The van der Waals surface area contributed by atoms with E-state index < -0.39 is 0 Å². The number of hydrogen-bond donors (Lipinski definition) is 1. The van der Waals surface area contributed by atoms with Gasteiger partial charge in [0, 0.05) is 12.2 Å². The summed E-state index contributed by atoms with van der Waals surface area (Å²) in [6.07, 6.45) is 12.3. The first-order valence-electron chi connectivity index (χ1n) is 11.4. The molecular weight excluding hydrogens is 362 g/mol. The molecule has 0 spiro atoms. The summed E-state index contributed by atoms with van der Waals surface area (Å²) in [7, 11) is 0. The standard InChI is InChI=1S/C22H27N.C7H12/c1-17(16-21-13-7-5-11-18(21)2)10-9-15-23-20(4)22-14-8-6-12-19(22)3;1-2-7-5-3-4-6-7/h5-8,11-14,16,23H,4,9-10,15H2,1-3H3;5H,2-4,6H2,1H3/b17-16-;. The Morgan fingerprint density at radius 1 is 1.03 bits per heavy atom. The number of rotatable bonds is 8. The highest BCUT2D eigenvalue weighted by molar-refractivity contribution is 5.64. The van der Waals surface area contributed by atoms with Crippen LogP contribution in [0.2, 0.25) is 0 Å². The molecule has 0 saturated carbocycles. The van der Waals surface area contributed by atoms with Crippen LogP contribution in [0.5, 0.6) is 0 Å². The molecule has 0 aliphatic heterocycles. The zero-order chi connectivity index (χ0) is 21.8. The molecule has 0 atom stereocenters. The van der Waals surface area contributed by atoms with E-state index in [1.165, 1.54) is 53.5 Å². The van der Waals surface area contributed by atoms with Gasteiger partial charge in [-0.2, -0.15) is 0 Å². The van der Waals surface area contributed by atoms with Crippen molar-refractivity contribution < 1.29 is 0 Å². The first kappa shape index (κ1) is 23.7. The highest BCUT2D eigenvalue weighted by Crippen LogP contribution is 2.19. The Morgan fingerprint density at radius 3 is 2.33 bits per heavy atom.